The molecule has 4 rings (SSSR count). The number of amides is 2. The van der Waals surface area contributed by atoms with Gasteiger partial charge in [0, 0.05) is 12.5 Å². The van der Waals surface area contributed by atoms with Crippen LogP contribution in [0.15, 0.2) is 48.5 Å². The summed E-state index contributed by atoms with van der Waals surface area (Å²) in [6.07, 6.45) is -1.37. The van der Waals surface area contributed by atoms with Crippen LogP contribution >= 0.6 is 0 Å². The van der Waals surface area contributed by atoms with Crippen LogP contribution in [0.5, 0.6) is 0 Å². The van der Waals surface area contributed by atoms with Crippen molar-refractivity contribution in [3.8, 4) is 11.1 Å². The van der Waals surface area contributed by atoms with Crippen molar-refractivity contribution in [3.63, 3.8) is 0 Å². The highest BCUT2D eigenvalue weighted by Gasteiger charge is 2.37. The van der Waals surface area contributed by atoms with E-state index in [1.165, 1.54) is 0 Å². The van der Waals surface area contributed by atoms with Crippen molar-refractivity contribution in [3.05, 3.63) is 59.7 Å². The Kier molecular flexibility index (Phi) is 6.38. The predicted octanol–water partition coefficient (Wildman–Crippen LogP) is 1.24. The number of aliphatic hydroxyl groups is 1. The predicted molar refractivity (Wildman–Crippen MR) is 113 cm³/mol. The van der Waals surface area contributed by atoms with Gasteiger partial charge in [-0.1, -0.05) is 48.5 Å². The molecule has 2 amide bonds. The minimum Gasteiger partial charge on any atom is -0.480 e. The van der Waals surface area contributed by atoms with E-state index in [4.69, 9.17) is 19.7 Å². The third-order valence-electron chi connectivity index (χ3n) is 5.79. The molecule has 32 heavy (non-hydrogen) atoms. The van der Waals surface area contributed by atoms with E-state index in [1.54, 1.807) is 0 Å². The number of hydrogen-bond acceptors (Lipinski definition) is 6. The average Bonchev–Trinajstić information content (AvgIpc) is 3.38. The first-order valence-electron chi connectivity index (χ1n) is 10.4. The van der Waals surface area contributed by atoms with Crippen LogP contribution in [0.2, 0.25) is 0 Å². The lowest BCUT2D eigenvalue weighted by Crippen LogP contribution is -2.53. The fourth-order valence-corrected chi connectivity index (χ4v) is 4.23. The molecule has 4 N–H and O–H groups in total. The van der Waals surface area contributed by atoms with Crippen LogP contribution < -0.4 is 10.6 Å². The number of carbonyl (C=O) groups excluding carboxylic acids is 2. The summed E-state index contributed by atoms with van der Waals surface area (Å²) in [7, 11) is 0. The van der Waals surface area contributed by atoms with Crippen LogP contribution in [0.4, 0.5) is 4.79 Å². The number of carboxylic acids is 1. The van der Waals surface area contributed by atoms with Crippen molar-refractivity contribution in [2.45, 2.75) is 30.5 Å². The van der Waals surface area contributed by atoms with Gasteiger partial charge in [-0.05, 0) is 28.7 Å². The maximum absolute atomic E-state index is 12.5. The number of fused-ring (bicyclic) bond motifs is 3. The smallest absolute Gasteiger partial charge is 0.407 e. The highest BCUT2D eigenvalue weighted by molar-refractivity contribution is 5.87. The second kappa shape index (κ2) is 9.37. The van der Waals surface area contributed by atoms with Crippen molar-refractivity contribution in [2.24, 2.45) is 0 Å². The summed E-state index contributed by atoms with van der Waals surface area (Å²) in [6.45, 7) is -0.391. The second-order valence-electron chi connectivity index (χ2n) is 7.74. The van der Waals surface area contributed by atoms with Gasteiger partial charge in [-0.2, -0.15) is 0 Å². The monoisotopic (exact) mass is 440 g/mol. The number of benzene rings is 2. The third-order valence-corrected chi connectivity index (χ3v) is 5.79. The molecular weight excluding hydrogens is 416 g/mol. The molecule has 2 aromatic carbocycles. The molecule has 0 spiro atoms. The summed E-state index contributed by atoms with van der Waals surface area (Å²) in [5, 5.41) is 22.9. The van der Waals surface area contributed by atoms with E-state index < -0.39 is 42.8 Å². The van der Waals surface area contributed by atoms with Crippen molar-refractivity contribution in [1.82, 2.24) is 10.6 Å². The van der Waals surface area contributed by atoms with Crippen LogP contribution in [-0.4, -0.2) is 66.2 Å². The molecule has 0 unspecified atom stereocenters. The fraction of sp³-hybridized carbons (Fsp3) is 0.348. The second-order valence-corrected chi connectivity index (χ2v) is 7.74. The topological polar surface area (TPSA) is 134 Å². The van der Waals surface area contributed by atoms with Crippen molar-refractivity contribution >= 4 is 18.0 Å². The molecule has 2 aliphatic rings. The van der Waals surface area contributed by atoms with Crippen molar-refractivity contribution < 1.29 is 34.1 Å². The van der Waals surface area contributed by atoms with Gasteiger partial charge in [-0.25, -0.2) is 9.59 Å². The Hall–Kier alpha value is -3.43. The average molecular weight is 440 g/mol. The normalized spacial score (nSPS) is 20.2. The van der Waals surface area contributed by atoms with Crippen LogP contribution in [0.1, 0.15) is 23.5 Å². The Balaban J connectivity index is 1.37. The van der Waals surface area contributed by atoms with Gasteiger partial charge >= 0.3 is 12.1 Å². The zero-order valence-corrected chi connectivity index (χ0v) is 17.2. The molecule has 0 saturated carbocycles. The van der Waals surface area contributed by atoms with Gasteiger partial charge in [0.05, 0.1) is 12.6 Å². The highest BCUT2D eigenvalue weighted by atomic mass is 16.6. The lowest BCUT2D eigenvalue weighted by Gasteiger charge is -2.21. The Morgan fingerprint density at radius 3 is 2.28 bits per heavy atom. The first-order valence-corrected chi connectivity index (χ1v) is 10.4. The van der Waals surface area contributed by atoms with E-state index in [-0.39, 0.29) is 19.1 Å². The molecule has 1 aliphatic carbocycles. The molecule has 9 nitrogen and oxygen atoms in total. The van der Waals surface area contributed by atoms with E-state index in [2.05, 4.69) is 10.6 Å². The summed E-state index contributed by atoms with van der Waals surface area (Å²) in [4.78, 5) is 35.9. The number of alkyl carbamates (subject to hydrolysis) is 1. The quantitative estimate of drug-likeness (QED) is 0.509. The zero-order chi connectivity index (χ0) is 22.7. The molecule has 1 saturated heterocycles. The van der Waals surface area contributed by atoms with Gasteiger partial charge in [-0.3, -0.25) is 4.79 Å². The minimum atomic E-state index is -1.44. The summed E-state index contributed by atoms with van der Waals surface area (Å²) in [5.41, 5.74) is 4.42. The van der Waals surface area contributed by atoms with Gasteiger partial charge in [0.2, 0.25) is 0 Å². The zero-order valence-electron chi connectivity index (χ0n) is 17.2. The van der Waals surface area contributed by atoms with Crippen LogP contribution in [0, 0.1) is 0 Å². The summed E-state index contributed by atoms with van der Waals surface area (Å²) < 4.78 is 10.9. The van der Waals surface area contributed by atoms with E-state index in [1.807, 2.05) is 48.5 Å². The van der Waals surface area contributed by atoms with E-state index >= 15 is 0 Å². The van der Waals surface area contributed by atoms with Gasteiger partial charge in [0.1, 0.15) is 12.6 Å². The molecule has 2 aromatic rings. The van der Waals surface area contributed by atoms with E-state index in [9.17, 15) is 14.4 Å². The molecule has 1 fully saturated rings. The third kappa shape index (κ3) is 4.30. The maximum Gasteiger partial charge on any atom is 0.407 e. The Labute approximate surface area is 184 Å². The molecule has 0 radical (unpaired) electrons. The lowest BCUT2D eigenvalue weighted by molar-refractivity contribution is -0.145. The van der Waals surface area contributed by atoms with Gasteiger partial charge in [-0.15, -0.1) is 0 Å². The van der Waals surface area contributed by atoms with Gasteiger partial charge < -0.3 is 30.3 Å². The minimum absolute atomic E-state index is 0.0899. The van der Waals surface area contributed by atoms with E-state index in [0.29, 0.717) is 6.42 Å². The van der Waals surface area contributed by atoms with E-state index in [0.717, 1.165) is 22.3 Å². The maximum atomic E-state index is 12.5. The first-order chi connectivity index (χ1) is 15.5. The molecular formula is C23H24N2O7. The molecule has 0 aromatic heterocycles. The number of nitrogens with one attached hydrogen (secondary N) is 2. The number of hydrogen-bond donors (Lipinski definition) is 4. The Bertz CT molecular complexity index is 979. The van der Waals surface area contributed by atoms with Crippen LogP contribution in [0.25, 0.3) is 11.1 Å². The molecule has 168 valence electrons. The summed E-state index contributed by atoms with van der Waals surface area (Å²) >= 11 is 0. The number of carboxylic acid groups (broad SMARTS) is 1. The Morgan fingerprint density at radius 2 is 1.69 bits per heavy atom. The van der Waals surface area contributed by atoms with Crippen LogP contribution in [0.3, 0.4) is 0 Å². The van der Waals surface area contributed by atoms with Gasteiger partial charge in [0.15, 0.2) is 6.10 Å². The SMILES string of the molecule is O=C(N[C@H]1CCO[C@H]1C(=O)N[C@@H](CO)C(=O)O)OCC1c2ccccc2-c2ccccc21. The molecule has 9 heteroatoms. The number of carbonyl (C=O) groups is 3. The van der Waals surface area contributed by atoms with Crippen molar-refractivity contribution in [2.75, 3.05) is 19.8 Å². The van der Waals surface area contributed by atoms with Gasteiger partial charge in [0.25, 0.3) is 5.91 Å². The fourth-order valence-electron chi connectivity index (χ4n) is 4.23. The summed E-state index contributed by atoms with van der Waals surface area (Å²) in [5.74, 6) is -2.17. The molecule has 3 atom stereocenters. The summed E-state index contributed by atoms with van der Waals surface area (Å²) in [6, 6.07) is 13.9. The number of ether oxygens (including phenoxy) is 2. The number of aliphatic carboxylic acids is 1. The molecule has 1 aliphatic heterocycles. The standard InChI is InChI=1S/C23H24N2O7/c26-11-19(22(28)29)24-21(27)20-18(9-10-31-20)25-23(30)32-12-17-15-7-3-1-5-13(15)14-6-2-4-8-16(14)17/h1-8,17-20,26H,9-12H2,(H,24,27)(H,25,30)(H,28,29)/t18-,19-,20+/m0/s1. The molecule has 1 heterocycles. The lowest BCUT2D eigenvalue weighted by atomic mass is 9.98. The highest BCUT2D eigenvalue weighted by Crippen LogP contribution is 2.44. The van der Waals surface area contributed by atoms with Crippen molar-refractivity contribution in [1.29, 1.82) is 0 Å². The Morgan fingerprint density at radius 1 is 1.06 bits per heavy atom. The number of aliphatic hydroxyl groups excluding tert-OH is 1. The largest absolute Gasteiger partial charge is 0.480 e. The first kappa shape index (κ1) is 21.8. The molecule has 0 bridgehead atoms. The number of rotatable bonds is 7. The van der Waals surface area contributed by atoms with Crippen LogP contribution in [-0.2, 0) is 19.1 Å².